The fourth-order valence-electron chi connectivity index (χ4n) is 5.33. The van der Waals surface area contributed by atoms with Gasteiger partial charge in [-0.1, -0.05) is 30.3 Å². The van der Waals surface area contributed by atoms with Gasteiger partial charge in [-0.3, -0.25) is 4.90 Å². The average molecular weight is 413 g/mol. The molecule has 0 bridgehead atoms. The minimum Gasteiger partial charge on any atom is -0.383 e. The highest BCUT2D eigenvalue weighted by atomic mass is 16.5. The first-order valence-electron chi connectivity index (χ1n) is 10.9. The van der Waals surface area contributed by atoms with E-state index in [2.05, 4.69) is 55.4 Å². The number of hydrogen-bond acceptors (Lipinski definition) is 4. The lowest BCUT2D eigenvalue weighted by Gasteiger charge is -2.51. The van der Waals surface area contributed by atoms with E-state index >= 15 is 0 Å². The summed E-state index contributed by atoms with van der Waals surface area (Å²) in [6, 6.07) is 13.1. The van der Waals surface area contributed by atoms with Crippen LogP contribution in [0.2, 0.25) is 0 Å². The molecule has 164 valence electrons. The predicted octanol–water partition coefficient (Wildman–Crippen LogP) is 3.69. The first kappa shape index (κ1) is 22.6. The van der Waals surface area contributed by atoms with E-state index < -0.39 is 5.41 Å². The molecule has 30 heavy (non-hydrogen) atoms. The Morgan fingerprint density at radius 2 is 1.80 bits per heavy atom. The number of methoxy groups -OCH3 is 1. The number of carbonyl (C=O) groups excluding carboxylic acids is 1. The van der Waals surface area contributed by atoms with Crippen molar-refractivity contribution in [2.45, 2.75) is 50.6 Å². The summed E-state index contributed by atoms with van der Waals surface area (Å²) in [6.07, 6.45) is 3.88. The van der Waals surface area contributed by atoms with Crippen LogP contribution in [-0.2, 0) is 10.3 Å². The summed E-state index contributed by atoms with van der Waals surface area (Å²) in [4.78, 5) is 19.6. The van der Waals surface area contributed by atoms with E-state index in [1.54, 1.807) is 7.11 Å². The molecule has 0 radical (unpaired) electrons. The topological polar surface area (TPSA) is 59.8 Å². The molecule has 2 aliphatic rings. The summed E-state index contributed by atoms with van der Waals surface area (Å²) in [5.41, 5.74) is 0.595. The number of nitriles is 1. The number of carbonyl (C=O) groups is 1. The molecule has 1 spiro atoms. The molecule has 2 fully saturated rings. The van der Waals surface area contributed by atoms with E-state index in [1.165, 1.54) is 5.56 Å². The second kappa shape index (κ2) is 8.56. The minimum atomic E-state index is -0.555. The van der Waals surface area contributed by atoms with E-state index in [4.69, 9.17) is 4.74 Å². The molecule has 0 atom stereocenters. The number of hydrogen-bond donors (Lipinski definition) is 0. The fourth-order valence-corrected chi connectivity index (χ4v) is 5.33. The number of urea groups is 1. The Kier molecular flexibility index (Phi) is 6.45. The van der Waals surface area contributed by atoms with Crippen molar-refractivity contribution in [1.82, 2.24) is 14.7 Å². The predicted molar refractivity (Wildman–Crippen MR) is 118 cm³/mol. The molecular weight excluding hydrogens is 376 g/mol. The largest absolute Gasteiger partial charge is 0.383 e. The van der Waals surface area contributed by atoms with Gasteiger partial charge in [0.15, 0.2) is 0 Å². The summed E-state index contributed by atoms with van der Waals surface area (Å²) < 4.78 is 5.32. The summed E-state index contributed by atoms with van der Waals surface area (Å²) in [7, 11) is 6.00. The number of nitrogens with zero attached hydrogens (tertiary/aromatic N) is 4. The van der Waals surface area contributed by atoms with E-state index in [0.29, 0.717) is 26.2 Å². The Balaban J connectivity index is 1.87. The van der Waals surface area contributed by atoms with Gasteiger partial charge >= 0.3 is 6.03 Å². The average Bonchev–Trinajstić information content (AvgIpc) is 2.97. The summed E-state index contributed by atoms with van der Waals surface area (Å²) >= 11 is 0. The number of rotatable bonds is 7. The number of amides is 2. The molecule has 3 rings (SSSR count). The van der Waals surface area contributed by atoms with Crippen molar-refractivity contribution in [3.05, 3.63) is 35.9 Å². The minimum absolute atomic E-state index is 0.0121. The molecule has 1 heterocycles. The molecule has 0 unspecified atom stereocenters. The Hall–Kier alpha value is -2.10. The van der Waals surface area contributed by atoms with Crippen molar-refractivity contribution in [1.29, 1.82) is 5.26 Å². The van der Waals surface area contributed by atoms with Crippen LogP contribution in [0, 0.1) is 16.7 Å². The number of ether oxygens (including phenoxy) is 1. The van der Waals surface area contributed by atoms with Crippen molar-refractivity contribution < 1.29 is 9.53 Å². The zero-order valence-electron chi connectivity index (χ0n) is 19.1. The Morgan fingerprint density at radius 1 is 1.17 bits per heavy atom. The van der Waals surface area contributed by atoms with Gasteiger partial charge in [0.1, 0.15) is 0 Å². The van der Waals surface area contributed by atoms with Crippen molar-refractivity contribution in [2.24, 2.45) is 5.41 Å². The molecular formula is C24H36N4O2. The van der Waals surface area contributed by atoms with Crippen LogP contribution < -0.4 is 0 Å². The molecule has 0 aromatic heterocycles. The molecule has 1 aromatic rings. The maximum atomic E-state index is 13.3. The highest BCUT2D eigenvalue weighted by molar-refractivity contribution is 5.78. The molecule has 1 aliphatic heterocycles. The van der Waals surface area contributed by atoms with Gasteiger partial charge in [0, 0.05) is 32.3 Å². The van der Waals surface area contributed by atoms with E-state index in [1.807, 2.05) is 23.6 Å². The van der Waals surface area contributed by atoms with Crippen LogP contribution in [0.4, 0.5) is 4.79 Å². The van der Waals surface area contributed by atoms with E-state index in [-0.39, 0.29) is 17.1 Å². The summed E-state index contributed by atoms with van der Waals surface area (Å²) in [5, 5.41) is 9.48. The van der Waals surface area contributed by atoms with Gasteiger partial charge in [0.2, 0.25) is 0 Å². The van der Waals surface area contributed by atoms with Crippen LogP contribution >= 0.6 is 0 Å². The van der Waals surface area contributed by atoms with Crippen LogP contribution in [0.3, 0.4) is 0 Å². The highest BCUT2D eigenvalue weighted by Crippen LogP contribution is 2.49. The van der Waals surface area contributed by atoms with Crippen LogP contribution in [0.25, 0.3) is 0 Å². The maximum absolute atomic E-state index is 13.3. The van der Waals surface area contributed by atoms with Crippen LogP contribution in [0.15, 0.2) is 30.3 Å². The molecule has 1 saturated heterocycles. The SMILES string of the molecule is COCCN1C(=O)N(CC(C)(C)C#N)C[C@]12CC[C@@](c1ccccc1)(N(C)C)CC2. The smallest absolute Gasteiger partial charge is 0.320 e. The third-order valence-corrected chi connectivity index (χ3v) is 7.14. The van der Waals surface area contributed by atoms with Gasteiger partial charge in [0.05, 0.1) is 23.6 Å². The van der Waals surface area contributed by atoms with E-state index in [0.717, 1.165) is 25.7 Å². The van der Waals surface area contributed by atoms with Crippen LogP contribution in [0.1, 0.15) is 45.1 Å². The van der Waals surface area contributed by atoms with Crippen molar-refractivity contribution >= 4 is 6.03 Å². The Bertz CT molecular complexity index is 776. The van der Waals surface area contributed by atoms with Gasteiger partial charge < -0.3 is 14.5 Å². The van der Waals surface area contributed by atoms with Gasteiger partial charge in [0.25, 0.3) is 0 Å². The molecule has 1 aliphatic carbocycles. The molecule has 2 amide bonds. The van der Waals surface area contributed by atoms with Gasteiger partial charge in [-0.15, -0.1) is 0 Å². The Labute approximate surface area is 181 Å². The lowest BCUT2D eigenvalue weighted by atomic mass is 9.68. The lowest BCUT2D eigenvalue weighted by Crippen LogP contribution is -2.56. The third kappa shape index (κ3) is 4.06. The molecule has 0 N–H and O–H groups in total. The lowest BCUT2D eigenvalue weighted by molar-refractivity contribution is 0.0174. The standard InChI is InChI=1S/C24H36N4O2/c1-22(2,17-25)18-27-19-23(28(21(27)29)15-16-30-5)11-13-24(14-12-23,26(3)4)20-9-7-6-8-10-20/h6-10H,11-16,18-19H2,1-5H3/t23-,24-. The van der Waals surface area contributed by atoms with Crippen molar-refractivity contribution in [3.8, 4) is 6.07 Å². The fraction of sp³-hybridized carbons (Fsp3) is 0.667. The normalized spacial score (nSPS) is 27.2. The Morgan fingerprint density at radius 3 is 2.33 bits per heavy atom. The monoisotopic (exact) mass is 412 g/mol. The maximum Gasteiger partial charge on any atom is 0.320 e. The first-order valence-corrected chi connectivity index (χ1v) is 10.9. The highest BCUT2D eigenvalue weighted by Gasteiger charge is 2.54. The summed E-state index contributed by atoms with van der Waals surface area (Å²) in [6.45, 7) is 6.08. The van der Waals surface area contributed by atoms with Crippen molar-refractivity contribution in [2.75, 3.05) is 47.4 Å². The van der Waals surface area contributed by atoms with Crippen LogP contribution in [-0.4, -0.2) is 73.7 Å². The summed E-state index contributed by atoms with van der Waals surface area (Å²) in [5.74, 6) is 0. The van der Waals surface area contributed by atoms with Crippen LogP contribution in [0.5, 0.6) is 0 Å². The molecule has 6 heteroatoms. The number of benzene rings is 1. The quantitative estimate of drug-likeness (QED) is 0.685. The zero-order valence-corrected chi connectivity index (χ0v) is 19.1. The zero-order chi connectivity index (χ0) is 22.0. The van der Waals surface area contributed by atoms with E-state index in [9.17, 15) is 10.1 Å². The van der Waals surface area contributed by atoms with Gasteiger partial charge in [-0.25, -0.2) is 4.79 Å². The van der Waals surface area contributed by atoms with Gasteiger partial charge in [-0.05, 0) is 59.2 Å². The first-order chi connectivity index (χ1) is 14.2. The third-order valence-electron chi connectivity index (χ3n) is 7.14. The molecule has 1 aromatic carbocycles. The second-order valence-electron chi connectivity index (χ2n) is 9.80. The second-order valence-corrected chi connectivity index (χ2v) is 9.80. The molecule has 6 nitrogen and oxygen atoms in total. The van der Waals surface area contributed by atoms with Crippen molar-refractivity contribution in [3.63, 3.8) is 0 Å². The van der Waals surface area contributed by atoms with Gasteiger partial charge in [-0.2, -0.15) is 5.26 Å². The molecule has 1 saturated carbocycles.